The fourth-order valence-electron chi connectivity index (χ4n) is 2.05. The maximum absolute atomic E-state index is 11.9. The summed E-state index contributed by atoms with van der Waals surface area (Å²) >= 11 is 0. The van der Waals surface area contributed by atoms with Crippen molar-refractivity contribution in [3.8, 4) is 0 Å². The molecule has 0 atom stereocenters. The Bertz CT molecular complexity index is 912. The predicted octanol–water partition coefficient (Wildman–Crippen LogP) is 1.63. The number of rotatable bonds is 4. The number of H-pyrrole nitrogens is 1. The number of imidazole rings is 1. The second-order valence-electron chi connectivity index (χ2n) is 4.47. The van der Waals surface area contributed by atoms with Gasteiger partial charge in [0.2, 0.25) is 5.69 Å². The molecule has 0 fully saturated rings. The van der Waals surface area contributed by atoms with E-state index in [1.807, 2.05) is 24.3 Å². The van der Waals surface area contributed by atoms with Crippen LogP contribution in [-0.2, 0) is 0 Å². The lowest BCUT2D eigenvalue weighted by Gasteiger charge is -2.00. The first-order chi connectivity index (χ1) is 11.2. The van der Waals surface area contributed by atoms with Crippen LogP contribution in [0.5, 0.6) is 0 Å². The van der Waals surface area contributed by atoms with Crippen molar-refractivity contribution < 1.29 is 9.72 Å². The largest absolute Gasteiger partial charge is 0.358 e. The lowest BCUT2D eigenvalue weighted by molar-refractivity contribution is -0.389. The van der Waals surface area contributed by atoms with Gasteiger partial charge in [-0.2, -0.15) is 5.10 Å². The summed E-state index contributed by atoms with van der Waals surface area (Å²) in [7, 11) is 0. The Labute approximate surface area is 129 Å². The van der Waals surface area contributed by atoms with Gasteiger partial charge in [0.15, 0.2) is 6.33 Å². The highest BCUT2D eigenvalue weighted by Crippen LogP contribution is 2.14. The molecule has 23 heavy (non-hydrogen) atoms. The molecule has 0 aliphatic rings. The van der Waals surface area contributed by atoms with Crippen LogP contribution in [0.15, 0.2) is 48.0 Å². The average Bonchev–Trinajstić information content (AvgIpc) is 3.05. The van der Waals surface area contributed by atoms with Crippen molar-refractivity contribution in [3.05, 3.63) is 64.2 Å². The first-order valence-corrected chi connectivity index (χ1v) is 6.52. The van der Waals surface area contributed by atoms with Crippen molar-refractivity contribution in [2.75, 3.05) is 0 Å². The molecule has 114 valence electrons. The van der Waals surface area contributed by atoms with E-state index in [0.717, 1.165) is 22.8 Å². The number of aromatic amines is 1. The molecular formula is C14H10N6O3. The number of amides is 1. The Balaban J connectivity index is 1.79. The van der Waals surface area contributed by atoms with E-state index < -0.39 is 16.6 Å². The smallest absolute Gasteiger partial charge is 0.353 e. The molecule has 0 unspecified atom stereocenters. The van der Waals surface area contributed by atoms with Crippen LogP contribution in [0.1, 0.15) is 16.1 Å². The molecule has 9 nitrogen and oxygen atoms in total. The highest BCUT2D eigenvalue weighted by molar-refractivity contribution is 5.99. The van der Waals surface area contributed by atoms with Gasteiger partial charge in [-0.1, -0.05) is 18.2 Å². The molecule has 9 heteroatoms. The van der Waals surface area contributed by atoms with Crippen LogP contribution in [0.25, 0.3) is 10.9 Å². The van der Waals surface area contributed by atoms with Gasteiger partial charge >= 0.3 is 5.82 Å². The minimum atomic E-state index is -0.771. The standard InChI is InChI=1S/C14H10N6O3/c21-14(12-13(20(22)23)17-8-16-12)19-18-7-9-3-1-5-11-10(9)4-2-6-15-11/h1-8H,(H,16,17)(H,19,21)/b18-7+. The van der Waals surface area contributed by atoms with Crippen LogP contribution in [0.3, 0.4) is 0 Å². The number of carbonyl (C=O) groups excluding carboxylic acids is 1. The number of hydrazone groups is 1. The number of nitrogens with one attached hydrogen (secondary N) is 2. The second-order valence-corrected chi connectivity index (χ2v) is 4.47. The molecule has 0 saturated carbocycles. The maximum atomic E-state index is 11.9. The van der Waals surface area contributed by atoms with Crippen molar-refractivity contribution >= 4 is 28.8 Å². The van der Waals surface area contributed by atoms with Gasteiger partial charge in [0.05, 0.1) is 11.7 Å². The zero-order chi connectivity index (χ0) is 16.2. The summed E-state index contributed by atoms with van der Waals surface area (Å²) in [6.07, 6.45) is 4.20. The lowest BCUT2D eigenvalue weighted by Crippen LogP contribution is -2.19. The first-order valence-electron chi connectivity index (χ1n) is 6.52. The summed E-state index contributed by atoms with van der Waals surface area (Å²) in [5.74, 6) is -1.25. The van der Waals surface area contributed by atoms with Gasteiger partial charge in [0.1, 0.15) is 0 Å². The van der Waals surface area contributed by atoms with E-state index in [2.05, 4.69) is 25.5 Å². The number of pyridine rings is 1. The molecule has 2 N–H and O–H groups in total. The third-order valence-corrected chi connectivity index (χ3v) is 3.07. The van der Waals surface area contributed by atoms with E-state index in [9.17, 15) is 14.9 Å². The predicted molar refractivity (Wildman–Crippen MR) is 82.0 cm³/mol. The van der Waals surface area contributed by atoms with Gasteiger partial charge in [-0.15, -0.1) is 0 Å². The summed E-state index contributed by atoms with van der Waals surface area (Å²) in [5.41, 5.74) is 3.44. The number of fused-ring (bicyclic) bond motifs is 1. The molecule has 0 aliphatic heterocycles. The zero-order valence-electron chi connectivity index (χ0n) is 11.6. The summed E-state index contributed by atoms with van der Waals surface area (Å²) in [4.78, 5) is 32.0. The van der Waals surface area contributed by atoms with E-state index in [1.54, 1.807) is 12.3 Å². The van der Waals surface area contributed by atoms with E-state index in [4.69, 9.17) is 0 Å². The fourth-order valence-corrected chi connectivity index (χ4v) is 2.05. The van der Waals surface area contributed by atoms with E-state index >= 15 is 0 Å². The monoisotopic (exact) mass is 310 g/mol. The summed E-state index contributed by atoms with van der Waals surface area (Å²) in [6.45, 7) is 0. The van der Waals surface area contributed by atoms with Crippen LogP contribution < -0.4 is 5.43 Å². The van der Waals surface area contributed by atoms with Gasteiger partial charge in [-0.25, -0.2) is 15.4 Å². The molecule has 1 amide bonds. The van der Waals surface area contributed by atoms with Gasteiger partial charge in [-0.3, -0.25) is 9.78 Å². The molecule has 1 aromatic carbocycles. The summed E-state index contributed by atoms with van der Waals surface area (Å²) in [6, 6.07) is 9.17. The zero-order valence-corrected chi connectivity index (χ0v) is 11.6. The Morgan fingerprint density at radius 3 is 3.00 bits per heavy atom. The molecule has 0 saturated heterocycles. The number of hydrogen-bond acceptors (Lipinski definition) is 6. The first kappa shape index (κ1) is 14.3. The number of carbonyl (C=O) groups is 1. The van der Waals surface area contributed by atoms with Crippen molar-refractivity contribution in [2.45, 2.75) is 0 Å². The molecule has 0 spiro atoms. The van der Waals surface area contributed by atoms with Crippen molar-refractivity contribution in [1.29, 1.82) is 0 Å². The molecule has 0 radical (unpaired) electrons. The van der Waals surface area contributed by atoms with Gasteiger partial charge < -0.3 is 10.1 Å². The normalized spacial score (nSPS) is 11.0. The van der Waals surface area contributed by atoms with E-state index in [0.29, 0.717) is 0 Å². The van der Waals surface area contributed by atoms with Crippen molar-refractivity contribution in [2.24, 2.45) is 5.10 Å². The number of nitro groups is 1. The van der Waals surface area contributed by atoms with Crippen LogP contribution in [0, 0.1) is 10.1 Å². The van der Waals surface area contributed by atoms with Crippen LogP contribution >= 0.6 is 0 Å². The molecule has 3 rings (SSSR count). The lowest BCUT2D eigenvalue weighted by atomic mass is 10.1. The molecule has 0 bridgehead atoms. The molecule has 2 aromatic heterocycles. The SMILES string of the molecule is O=C(N/N=C/c1cccc2ncccc12)c1nc[nH]c1[N+](=O)[O-]. The third-order valence-electron chi connectivity index (χ3n) is 3.07. The Kier molecular flexibility index (Phi) is 3.75. The van der Waals surface area contributed by atoms with Crippen LogP contribution in [0.4, 0.5) is 5.82 Å². The minimum Gasteiger partial charge on any atom is -0.358 e. The van der Waals surface area contributed by atoms with E-state index in [-0.39, 0.29) is 5.69 Å². The van der Waals surface area contributed by atoms with E-state index in [1.165, 1.54) is 6.21 Å². The minimum absolute atomic E-state index is 0.327. The topological polar surface area (TPSA) is 126 Å². The van der Waals surface area contributed by atoms with Crippen LogP contribution in [-0.4, -0.2) is 32.0 Å². The number of benzene rings is 1. The number of nitrogens with zero attached hydrogens (tertiary/aromatic N) is 4. The van der Waals surface area contributed by atoms with Gasteiger partial charge in [0.25, 0.3) is 5.91 Å². The summed E-state index contributed by atoms with van der Waals surface area (Å²) in [5, 5.41) is 15.4. The maximum Gasteiger partial charge on any atom is 0.353 e. The molecular weight excluding hydrogens is 300 g/mol. The van der Waals surface area contributed by atoms with Crippen molar-refractivity contribution in [1.82, 2.24) is 20.4 Å². The molecule has 3 aromatic rings. The summed E-state index contributed by atoms with van der Waals surface area (Å²) < 4.78 is 0. The van der Waals surface area contributed by atoms with Crippen LogP contribution in [0.2, 0.25) is 0 Å². The quantitative estimate of drug-likeness (QED) is 0.430. The number of aromatic nitrogens is 3. The van der Waals surface area contributed by atoms with Crippen molar-refractivity contribution in [3.63, 3.8) is 0 Å². The third kappa shape index (κ3) is 2.88. The molecule has 0 aliphatic carbocycles. The Morgan fingerprint density at radius 1 is 1.30 bits per heavy atom. The Hall–Kier alpha value is -3.62. The molecule has 2 heterocycles. The number of hydrogen-bond donors (Lipinski definition) is 2. The fraction of sp³-hybridized carbons (Fsp3) is 0. The highest BCUT2D eigenvalue weighted by Gasteiger charge is 2.21. The Morgan fingerprint density at radius 2 is 2.17 bits per heavy atom. The second kappa shape index (κ2) is 6.02. The highest BCUT2D eigenvalue weighted by atomic mass is 16.6. The van der Waals surface area contributed by atoms with Gasteiger partial charge in [0, 0.05) is 17.1 Å². The van der Waals surface area contributed by atoms with Gasteiger partial charge in [-0.05, 0) is 17.1 Å². The average molecular weight is 310 g/mol.